The molecular formula is C26H26N4O5. The third-order valence-corrected chi connectivity index (χ3v) is 4.55. The quantitative estimate of drug-likeness (QED) is 0.249. The van der Waals surface area contributed by atoms with E-state index in [2.05, 4.69) is 21.2 Å². The highest BCUT2D eigenvalue weighted by Crippen LogP contribution is 2.23. The molecule has 0 aromatic heterocycles. The van der Waals surface area contributed by atoms with Crippen LogP contribution in [0.1, 0.15) is 18.1 Å². The number of amides is 3. The van der Waals surface area contributed by atoms with Crippen LogP contribution in [0.15, 0.2) is 77.9 Å². The van der Waals surface area contributed by atoms with Gasteiger partial charge in [0.15, 0.2) is 6.61 Å². The predicted octanol–water partition coefficient (Wildman–Crippen LogP) is 3.50. The molecule has 3 aromatic carbocycles. The zero-order chi connectivity index (χ0) is 25.0. The average Bonchev–Trinajstić information content (AvgIpc) is 2.84. The molecule has 0 aliphatic carbocycles. The smallest absolute Gasteiger partial charge is 0.329 e. The van der Waals surface area contributed by atoms with Crippen LogP contribution in [0.5, 0.6) is 11.5 Å². The molecule has 3 N–H and O–H groups in total. The molecule has 9 nitrogen and oxygen atoms in total. The zero-order valence-electron chi connectivity index (χ0n) is 19.4. The Kier molecular flexibility index (Phi) is 8.95. The highest BCUT2D eigenvalue weighted by Gasteiger charge is 2.15. The maximum absolute atomic E-state index is 12.2. The van der Waals surface area contributed by atoms with Gasteiger partial charge in [-0.25, -0.2) is 5.43 Å². The molecule has 9 heteroatoms. The summed E-state index contributed by atoms with van der Waals surface area (Å²) in [7, 11) is 0. The normalized spacial score (nSPS) is 10.5. The van der Waals surface area contributed by atoms with E-state index in [-0.39, 0.29) is 12.5 Å². The van der Waals surface area contributed by atoms with Gasteiger partial charge in [-0.05, 0) is 61.4 Å². The van der Waals surface area contributed by atoms with Crippen LogP contribution in [0.4, 0.5) is 11.4 Å². The van der Waals surface area contributed by atoms with E-state index < -0.39 is 11.8 Å². The number of hydrazone groups is 1. The summed E-state index contributed by atoms with van der Waals surface area (Å²) in [5, 5.41) is 9.07. The van der Waals surface area contributed by atoms with Crippen molar-refractivity contribution in [3.63, 3.8) is 0 Å². The van der Waals surface area contributed by atoms with E-state index in [1.54, 1.807) is 54.6 Å². The molecule has 3 amide bonds. The number of aryl methyl sites for hydroxylation is 1. The Balaban J connectivity index is 1.49. The summed E-state index contributed by atoms with van der Waals surface area (Å²) in [4.78, 5) is 36.4. The number of benzene rings is 3. The second-order valence-electron chi connectivity index (χ2n) is 7.36. The van der Waals surface area contributed by atoms with Crippen LogP contribution in [0.2, 0.25) is 0 Å². The van der Waals surface area contributed by atoms with Crippen molar-refractivity contribution >= 4 is 35.3 Å². The van der Waals surface area contributed by atoms with Crippen molar-refractivity contribution in [3.05, 3.63) is 83.9 Å². The molecule has 0 atom stereocenters. The van der Waals surface area contributed by atoms with Gasteiger partial charge in [-0.15, -0.1) is 0 Å². The number of para-hydroxylation sites is 2. The lowest BCUT2D eigenvalue weighted by Gasteiger charge is -2.10. The molecule has 0 saturated heterocycles. The fourth-order valence-electron chi connectivity index (χ4n) is 3.00. The third kappa shape index (κ3) is 8.01. The molecule has 0 saturated carbocycles. The number of nitrogens with one attached hydrogen (secondary N) is 3. The average molecular weight is 475 g/mol. The van der Waals surface area contributed by atoms with E-state index >= 15 is 0 Å². The van der Waals surface area contributed by atoms with Crippen LogP contribution < -0.4 is 25.5 Å². The van der Waals surface area contributed by atoms with E-state index in [0.717, 1.165) is 5.56 Å². The number of anilines is 2. The Labute approximate surface area is 203 Å². The first-order valence-corrected chi connectivity index (χ1v) is 10.9. The van der Waals surface area contributed by atoms with E-state index in [4.69, 9.17) is 9.47 Å². The molecule has 0 radical (unpaired) electrons. The summed E-state index contributed by atoms with van der Waals surface area (Å²) in [6.45, 7) is 4.01. The van der Waals surface area contributed by atoms with Gasteiger partial charge in [0.05, 0.1) is 18.5 Å². The second-order valence-corrected chi connectivity index (χ2v) is 7.36. The monoisotopic (exact) mass is 474 g/mol. The van der Waals surface area contributed by atoms with Crippen molar-refractivity contribution in [2.75, 3.05) is 23.8 Å². The molecule has 180 valence electrons. The summed E-state index contributed by atoms with van der Waals surface area (Å²) < 4.78 is 11.0. The molecule has 0 bridgehead atoms. The Morgan fingerprint density at radius 1 is 0.886 bits per heavy atom. The Morgan fingerprint density at radius 2 is 1.69 bits per heavy atom. The van der Waals surface area contributed by atoms with Crippen LogP contribution >= 0.6 is 0 Å². The maximum atomic E-state index is 12.2. The fourth-order valence-corrected chi connectivity index (χ4v) is 3.00. The van der Waals surface area contributed by atoms with Crippen LogP contribution in [0.25, 0.3) is 0 Å². The van der Waals surface area contributed by atoms with E-state index in [9.17, 15) is 14.4 Å². The molecule has 35 heavy (non-hydrogen) atoms. The second kappa shape index (κ2) is 12.5. The Morgan fingerprint density at radius 3 is 2.49 bits per heavy atom. The van der Waals surface area contributed by atoms with E-state index in [1.165, 1.54) is 6.21 Å². The first kappa shape index (κ1) is 25.0. The van der Waals surface area contributed by atoms with Gasteiger partial charge in [-0.3, -0.25) is 14.4 Å². The van der Waals surface area contributed by atoms with Crippen LogP contribution in [-0.4, -0.2) is 37.1 Å². The number of carbonyl (C=O) groups excluding carboxylic acids is 3. The van der Waals surface area contributed by atoms with Crippen molar-refractivity contribution < 1.29 is 23.9 Å². The first-order valence-electron chi connectivity index (χ1n) is 10.9. The molecular weight excluding hydrogens is 448 g/mol. The molecule has 0 unspecified atom stereocenters. The minimum absolute atomic E-state index is 0.172. The Hall–Kier alpha value is -4.66. The zero-order valence-corrected chi connectivity index (χ0v) is 19.4. The van der Waals surface area contributed by atoms with Crippen molar-refractivity contribution in [1.29, 1.82) is 0 Å². The van der Waals surface area contributed by atoms with Gasteiger partial charge in [-0.2, -0.15) is 5.10 Å². The molecule has 3 aromatic rings. The summed E-state index contributed by atoms with van der Waals surface area (Å²) in [6, 6.07) is 21.1. The van der Waals surface area contributed by atoms with Gasteiger partial charge in [0.25, 0.3) is 5.91 Å². The number of carbonyl (C=O) groups is 3. The number of ether oxygens (including phenoxy) is 2. The molecule has 0 aliphatic heterocycles. The van der Waals surface area contributed by atoms with E-state index in [1.807, 2.05) is 32.0 Å². The molecule has 0 aliphatic rings. The maximum Gasteiger partial charge on any atom is 0.329 e. The van der Waals surface area contributed by atoms with Gasteiger partial charge >= 0.3 is 11.8 Å². The third-order valence-electron chi connectivity index (χ3n) is 4.55. The van der Waals surface area contributed by atoms with Gasteiger partial charge in [0, 0.05) is 5.69 Å². The van der Waals surface area contributed by atoms with Crippen molar-refractivity contribution in [1.82, 2.24) is 5.43 Å². The first-order chi connectivity index (χ1) is 16.9. The fraction of sp³-hybridized carbons (Fsp3) is 0.154. The number of nitrogens with zero attached hydrogens (tertiary/aromatic N) is 1. The Bertz CT molecular complexity index is 1230. The topological polar surface area (TPSA) is 118 Å². The SMILES string of the molecule is CCOc1ccccc1NC(=O)C(=O)N/N=C\c1cccc(OCC(=O)Nc2cccc(C)c2)c1. The van der Waals surface area contributed by atoms with Crippen LogP contribution in [0, 0.1) is 6.92 Å². The van der Waals surface area contributed by atoms with Crippen molar-refractivity contribution in [2.45, 2.75) is 13.8 Å². The van der Waals surface area contributed by atoms with Crippen LogP contribution in [0.3, 0.4) is 0 Å². The largest absolute Gasteiger partial charge is 0.492 e. The van der Waals surface area contributed by atoms with Gasteiger partial charge in [0.2, 0.25) is 0 Å². The van der Waals surface area contributed by atoms with Gasteiger partial charge < -0.3 is 20.1 Å². The minimum atomic E-state index is -0.937. The summed E-state index contributed by atoms with van der Waals surface area (Å²) in [5.74, 6) is -1.20. The standard InChI is InChI=1S/C26H26N4O5/c1-3-34-23-13-5-4-12-22(23)29-25(32)26(33)30-27-16-19-9-7-11-21(15-19)35-17-24(31)28-20-10-6-8-18(2)14-20/h4-16H,3,17H2,1-2H3,(H,28,31)(H,29,32)(H,30,33)/b27-16-. The predicted molar refractivity (Wildman–Crippen MR) is 134 cm³/mol. The number of hydrogen-bond donors (Lipinski definition) is 3. The summed E-state index contributed by atoms with van der Waals surface area (Å²) in [6.07, 6.45) is 1.36. The lowest BCUT2D eigenvalue weighted by atomic mass is 10.2. The number of rotatable bonds is 9. The highest BCUT2D eigenvalue weighted by atomic mass is 16.5. The van der Waals surface area contributed by atoms with Crippen molar-refractivity contribution in [3.8, 4) is 11.5 Å². The minimum Gasteiger partial charge on any atom is -0.492 e. The van der Waals surface area contributed by atoms with Gasteiger partial charge in [0.1, 0.15) is 11.5 Å². The van der Waals surface area contributed by atoms with E-state index in [0.29, 0.717) is 35.0 Å². The molecule has 0 fully saturated rings. The molecule has 0 spiro atoms. The molecule has 3 rings (SSSR count). The summed E-state index contributed by atoms with van der Waals surface area (Å²) in [5.41, 5.74) is 4.89. The van der Waals surface area contributed by atoms with Gasteiger partial charge in [-0.1, -0.05) is 36.4 Å². The molecule has 0 heterocycles. The summed E-state index contributed by atoms with van der Waals surface area (Å²) >= 11 is 0. The highest BCUT2D eigenvalue weighted by molar-refractivity contribution is 6.39. The lowest BCUT2D eigenvalue weighted by molar-refractivity contribution is -0.136. The van der Waals surface area contributed by atoms with Crippen molar-refractivity contribution in [2.24, 2.45) is 5.10 Å². The lowest BCUT2D eigenvalue weighted by Crippen LogP contribution is -2.32. The number of hydrogen-bond acceptors (Lipinski definition) is 6. The van der Waals surface area contributed by atoms with Crippen LogP contribution in [-0.2, 0) is 14.4 Å².